The van der Waals surface area contributed by atoms with E-state index in [0.717, 1.165) is 32.2 Å². The third-order valence-electron chi connectivity index (χ3n) is 4.08. The van der Waals surface area contributed by atoms with Crippen molar-refractivity contribution in [3.05, 3.63) is 29.8 Å². The van der Waals surface area contributed by atoms with E-state index in [1.165, 1.54) is 6.07 Å². The Bertz CT molecular complexity index is 463. The largest absolute Gasteiger partial charge is 0.418 e. The molecule has 20 heavy (non-hydrogen) atoms. The molecule has 2 fully saturated rings. The summed E-state index contributed by atoms with van der Waals surface area (Å²) in [4.78, 5) is 4.19. The lowest BCUT2D eigenvalue weighted by atomic mass is 10.0. The second-order valence-corrected chi connectivity index (χ2v) is 5.36. The predicted molar refractivity (Wildman–Crippen MR) is 71.9 cm³/mol. The zero-order chi connectivity index (χ0) is 14.2. The Morgan fingerprint density at radius 1 is 1.05 bits per heavy atom. The Morgan fingerprint density at radius 3 is 2.35 bits per heavy atom. The number of rotatable bonds is 2. The molecule has 0 atom stereocenters. The third-order valence-corrected chi connectivity index (χ3v) is 4.08. The van der Waals surface area contributed by atoms with Crippen molar-refractivity contribution >= 4 is 5.69 Å². The minimum absolute atomic E-state index is 0.311. The summed E-state index contributed by atoms with van der Waals surface area (Å²) in [6.07, 6.45) is -4.28. The van der Waals surface area contributed by atoms with Crippen molar-refractivity contribution in [1.29, 1.82) is 0 Å². The number of piperazine rings is 1. The Balaban J connectivity index is 1.68. The van der Waals surface area contributed by atoms with Crippen LogP contribution in [-0.2, 0) is 6.18 Å². The Labute approximate surface area is 116 Å². The lowest BCUT2D eigenvalue weighted by Crippen LogP contribution is -2.63. The fourth-order valence-electron chi connectivity index (χ4n) is 2.92. The van der Waals surface area contributed by atoms with Crippen molar-refractivity contribution in [1.82, 2.24) is 10.2 Å². The molecular formula is C14H18F3N3. The number of benzene rings is 1. The van der Waals surface area contributed by atoms with Crippen molar-refractivity contribution in [3.8, 4) is 0 Å². The van der Waals surface area contributed by atoms with Gasteiger partial charge < -0.3 is 10.2 Å². The van der Waals surface area contributed by atoms with Crippen molar-refractivity contribution in [2.24, 2.45) is 0 Å². The van der Waals surface area contributed by atoms with E-state index in [-0.39, 0.29) is 0 Å². The number of anilines is 1. The number of nitrogens with zero attached hydrogens (tertiary/aromatic N) is 2. The van der Waals surface area contributed by atoms with E-state index in [4.69, 9.17) is 0 Å². The highest BCUT2D eigenvalue weighted by molar-refractivity contribution is 5.57. The molecule has 1 aromatic rings. The molecule has 0 saturated carbocycles. The average Bonchev–Trinajstić information content (AvgIpc) is 2.38. The Hall–Kier alpha value is -1.27. The summed E-state index contributed by atoms with van der Waals surface area (Å²) in [7, 11) is 0. The number of alkyl halides is 3. The van der Waals surface area contributed by atoms with Gasteiger partial charge in [0.1, 0.15) is 0 Å². The van der Waals surface area contributed by atoms with Gasteiger partial charge in [-0.25, -0.2) is 0 Å². The molecule has 0 unspecified atom stereocenters. The SMILES string of the molecule is FC(F)(F)c1ccccc1N1CC(N2CCNCC2)C1. The van der Waals surface area contributed by atoms with Gasteiger partial charge in [0, 0.05) is 51.0 Å². The summed E-state index contributed by atoms with van der Waals surface area (Å²) >= 11 is 0. The molecule has 0 bridgehead atoms. The second-order valence-electron chi connectivity index (χ2n) is 5.36. The van der Waals surface area contributed by atoms with Crippen LogP contribution in [0.5, 0.6) is 0 Å². The van der Waals surface area contributed by atoms with E-state index in [9.17, 15) is 13.2 Å². The number of para-hydroxylation sites is 1. The van der Waals surface area contributed by atoms with Crippen LogP contribution < -0.4 is 10.2 Å². The van der Waals surface area contributed by atoms with Gasteiger partial charge in [0.2, 0.25) is 0 Å². The number of halogens is 3. The lowest BCUT2D eigenvalue weighted by molar-refractivity contribution is -0.137. The summed E-state index contributed by atoms with van der Waals surface area (Å²) in [5.41, 5.74) is -0.217. The van der Waals surface area contributed by atoms with E-state index < -0.39 is 11.7 Å². The standard InChI is InChI=1S/C14H18F3N3/c15-14(16,17)12-3-1-2-4-13(12)20-9-11(10-20)19-7-5-18-6-8-19/h1-4,11,18H,5-10H2. The first-order valence-electron chi connectivity index (χ1n) is 6.91. The van der Waals surface area contributed by atoms with E-state index in [0.29, 0.717) is 24.8 Å². The monoisotopic (exact) mass is 285 g/mol. The van der Waals surface area contributed by atoms with Crippen LogP contribution >= 0.6 is 0 Å². The van der Waals surface area contributed by atoms with E-state index in [1.54, 1.807) is 12.1 Å². The highest BCUT2D eigenvalue weighted by atomic mass is 19.4. The summed E-state index contributed by atoms with van der Waals surface area (Å²) in [5, 5.41) is 3.29. The van der Waals surface area contributed by atoms with Crippen LogP contribution in [-0.4, -0.2) is 50.2 Å². The van der Waals surface area contributed by atoms with Crippen LogP contribution in [0.15, 0.2) is 24.3 Å². The molecule has 110 valence electrons. The fraction of sp³-hybridized carbons (Fsp3) is 0.571. The van der Waals surface area contributed by atoms with Gasteiger partial charge in [0.25, 0.3) is 0 Å². The normalized spacial score (nSPS) is 21.9. The summed E-state index contributed by atoms with van der Waals surface area (Å²) in [6.45, 7) is 5.28. The zero-order valence-electron chi connectivity index (χ0n) is 11.2. The predicted octanol–water partition coefficient (Wildman–Crippen LogP) is 1.80. The fourth-order valence-corrected chi connectivity index (χ4v) is 2.92. The van der Waals surface area contributed by atoms with Crippen LogP contribution in [0, 0.1) is 0 Å². The first kappa shape index (κ1) is 13.7. The van der Waals surface area contributed by atoms with E-state index >= 15 is 0 Å². The maximum atomic E-state index is 13.0. The van der Waals surface area contributed by atoms with Gasteiger partial charge in [-0.15, -0.1) is 0 Å². The van der Waals surface area contributed by atoms with Crippen molar-refractivity contribution < 1.29 is 13.2 Å². The number of hydrogen-bond acceptors (Lipinski definition) is 3. The van der Waals surface area contributed by atoms with Gasteiger partial charge in [0.05, 0.1) is 5.56 Å². The molecule has 1 aromatic carbocycles. The van der Waals surface area contributed by atoms with Crippen molar-refractivity contribution in [2.75, 3.05) is 44.2 Å². The number of nitrogens with one attached hydrogen (secondary N) is 1. The van der Waals surface area contributed by atoms with Gasteiger partial charge in [-0.05, 0) is 12.1 Å². The third kappa shape index (κ3) is 2.62. The van der Waals surface area contributed by atoms with Crippen LogP contribution in [0.1, 0.15) is 5.56 Å². The lowest BCUT2D eigenvalue weighted by Gasteiger charge is -2.48. The molecule has 6 heteroatoms. The van der Waals surface area contributed by atoms with Gasteiger partial charge in [-0.3, -0.25) is 4.90 Å². The summed E-state index contributed by atoms with van der Waals surface area (Å²) in [6, 6.07) is 6.23. The molecule has 0 amide bonds. The maximum Gasteiger partial charge on any atom is 0.418 e. The highest BCUT2D eigenvalue weighted by Crippen LogP contribution is 2.38. The van der Waals surface area contributed by atoms with Crippen LogP contribution in [0.2, 0.25) is 0 Å². The van der Waals surface area contributed by atoms with Crippen molar-refractivity contribution in [3.63, 3.8) is 0 Å². The molecule has 2 aliphatic rings. The Kier molecular flexibility index (Phi) is 3.60. The van der Waals surface area contributed by atoms with Gasteiger partial charge in [0.15, 0.2) is 0 Å². The van der Waals surface area contributed by atoms with Gasteiger partial charge in [-0.1, -0.05) is 12.1 Å². The topological polar surface area (TPSA) is 18.5 Å². The molecule has 3 nitrogen and oxygen atoms in total. The average molecular weight is 285 g/mol. The molecule has 2 heterocycles. The van der Waals surface area contributed by atoms with E-state index in [1.807, 2.05) is 4.90 Å². The first-order chi connectivity index (χ1) is 9.55. The minimum atomic E-state index is -4.28. The molecule has 2 saturated heterocycles. The first-order valence-corrected chi connectivity index (χ1v) is 6.91. The molecule has 0 aliphatic carbocycles. The molecule has 1 N–H and O–H groups in total. The molecule has 2 aliphatic heterocycles. The van der Waals surface area contributed by atoms with Crippen LogP contribution in [0.3, 0.4) is 0 Å². The van der Waals surface area contributed by atoms with Crippen LogP contribution in [0.25, 0.3) is 0 Å². The Morgan fingerprint density at radius 2 is 1.70 bits per heavy atom. The van der Waals surface area contributed by atoms with Crippen LogP contribution in [0.4, 0.5) is 18.9 Å². The summed E-state index contributed by atoms with van der Waals surface area (Å²) < 4.78 is 38.9. The molecule has 0 aromatic heterocycles. The van der Waals surface area contributed by atoms with Gasteiger partial charge in [-0.2, -0.15) is 13.2 Å². The molecular weight excluding hydrogens is 267 g/mol. The minimum Gasteiger partial charge on any atom is -0.368 e. The maximum absolute atomic E-state index is 13.0. The smallest absolute Gasteiger partial charge is 0.368 e. The second kappa shape index (κ2) is 5.26. The quantitative estimate of drug-likeness (QED) is 0.894. The molecule has 0 spiro atoms. The molecule has 3 rings (SSSR count). The summed E-state index contributed by atoms with van der Waals surface area (Å²) in [5.74, 6) is 0. The van der Waals surface area contributed by atoms with Gasteiger partial charge >= 0.3 is 6.18 Å². The highest BCUT2D eigenvalue weighted by Gasteiger charge is 2.39. The van der Waals surface area contributed by atoms with E-state index in [2.05, 4.69) is 10.2 Å². The zero-order valence-corrected chi connectivity index (χ0v) is 11.2. The van der Waals surface area contributed by atoms with Crippen molar-refractivity contribution in [2.45, 2.75) is 12.2 Å². The number of hydrogen-bond donors (Lipinski definition) is 1. The molecule has 0 radical (unpaired) electrons.